The summed E-state index contributed by atoms with van der Waals surface area (Å²) in [5, 5.41) is 19.0. The van der Waals surface area contributed by atoms with E-state index in [-0.39, 0.29) is 18.1 Å². The van der Waals surface area contributed by atoms with Crippen molar-refractivity contribution in [2.24, 2.45) is 5.92 Å². The van der Waals surface area contributed by atoms with Gasteiger partial charge in [-0.05, 0) is 52.4 Å². The number of carbonyl (C=O) groups excluding carboxylic acids is 1. The van der Waals surface area contributed by atoms with Crippen molar-refractivity contribution in [3.8, 4) is 0 Å². The number of carboxylic acid groups (broad SMARTS) is 1. The predicted octanol–water partition coefficient (Wildman–Crippen LogP) is 5.12. The number of aliphatic hydroxyl groups is 1. The average Bonchev–Trinajstić information content (AvgIpc) is 2.48. The van der Waals surface area contributed by atoms with Crippen LogP contribution in [0.15, 0.2) is 0 Å². The highest BCUT2D eigenvalue weighted by Crippen LogP contribution is 2.25. The summed E-state index contributed by atoms with van der Waals surface area (Å²) in [5.41, 5.74) is -0.604. The number of aliphatic carboxylic acids is 1. The highest BCUT2D eigenvalue weighted by Gasteiger charge is 2.21. The van der Waals surface area contributed by atoms with Crippen molar-refractivity contribution in [1.82, 2.24) is 0 Å². The summed E-state index contributed by atoms with van der Waals surface area (Å²) in [6.45, 7) is 5.73. The molecule has 24 heavy (non-hydrogen) atoms. The number of rotatable bonds is 16. The van der Waals surface area contributed by atoms with Crippen LogP contribution in [0.25, 0.3) is 0 Å². The predicted molar refractivity (Wildman–Crippen MR) is 98.1 cm³/mol. The van der Waals surface area contributed by atoms with E-state index in [2.05, 4.69) is 6.92 Å². The summed E-state index contributed by atoms with van der Waals surface area (Å²) >= 11 is 0. The van der Waals surface area contributed by atoms with Crippen LogP contribution in [-0.4, -0.2) is 27.6 Å². The fourth-order valence-electron chi connectivity index (χ4n) is 3.18. The number of unbranched alkanes of at least 4 members (excludes halogenated alkanes) is 5. The molecule has 0 aromatic rings. The highest BCUT2D eigenvalue weighted by atomic mass is 16.4. The number of hydrogen-bond donors (Lipinski definition) is 2. The molecule has 0 bridgehead atoms. The van der Waals surface area contributed by atoms with E-state index >= 15 is 0 Å². The van der Waals surface area contributed by atoms with Crippen LogP contribution in [0.2, 0.25) is 0 Å². The second kappa shape index (κ2) is 13.4. The molecule has 0 aliphatic carbocycles. The van der Waals surface area contributed by atoms with Gasteiger partial charge in [-0.15, -0.1) is 0 Å². The quantitative estimate of drug-likeness (QED) is 0.382. The highest BCUT2D eigenvalue weighted by molar-refractivity contribution is 5.78. The maximum absolute atomic E-state index is 11.8. The van der Waals surface area contributed by atoms with E-state index in [0.29, 0.717) is 0 Å². The van der Waals surface area contributed by atoms with Crippen molar-refractivity contribution in [1.29, 1.82) is 0 Å². The molecule has 0 radical (unpaired) electrons. The van der Waals surface area contributed by atoms with E-state index in [1.165, 1.54) is 0 Å². The molecule has 4 heteroatoms. The molecular weight excluding hydrogens is 304 g/mol. The van der Waals surface area contributed by atoms with Crippen LogP contribution in [0, 0.1) is 5.92 Å². The molecule has 0 saturated carbocycles. The number of carboxylic acids is 1. The van der Waals surface area contributed by atoms with Crippen LogP contribution in [0.1, 0.15) is 104 Å². The second-order valence-corrected chi connectivity index (χ2v) is 7.50. The molecule has 0 rings (SSSR count). The number of carbonyl (C=O) groups is 2. The average molecular weight is 343 g/mol. The maximum atomic E-state index is 11.8. The molecule has 0 amide bonds. The largest absolute Gasteiger partial charge is 0.481 e. The summed E-state index contributed by atoms with van der Waals surface area (Å²) in [4.78, 5) is 22.2. The minimum Gasteiger partial charge on any atom is -0.481 e. The first-order chi connectivity index (χ1) is 11.3. The van der Waals surface area contributed by atoms with Gasteiger partial charge in [0.2, 0.25) is 0 Å². The fourth-order valence-corrected chi connectivity index (χ4v) is 3.18. The van der Waals surface area contributed by atoms with Crippen LogP contribution in [0.5, 0.6) is 0 Å². The molecular formula is C20H38O4. The molecule has 0 aliphatic rings. The van der Waals surface area contributed by atoms with E-state index in [1.54, 1.807) is 6.92 Å². The minimum absolute atomic E-state index is 0.0934. The molecule has 0 heterocycles. The molecule has 4 nitrogen and oxygen atoms in total. The lowest BCUT2D eigenvalue weighted by atomic mass is 9.87. The number of Topliss-reactive ketones (excluding diaryl/α,β-unsaturated/α-hetero) is 1. The summed E-state index contributed by atoms with van der Waals surface area (Å²) in [7, 11) is 0. The first-order valence-corrected chi connectivity index (χ1v) is 9.73. The van der Waals surface area contributed by atoms with Crippen LogP contribution in [-0.2, 0) is 9.59 Å². The molecule has 0 saturated heterocycles. The third-order valence-corrected chi connectivity index (χ3v) is 4.85. The zero-order valence-electron chi connectivity index (χ0n) is 16.0. The first-order valence-electron chi connectivity index (χ1n) is 9.73. The summed E-state index contributed by atoms with van der Waals surface area (Å²) in [6.07, 6.45) is 11.5. The van der Waals surface area contributed by atoms with Gasteiger partial charge in [0.05, 0.1) is 5.60 Å². The van der Waals surface area contributed by atoms with Crippen molar-refractivity contribution < 1.29 is 19.8 Å². The van der Waals surface area contributed by atoms with Crippen molar-refractivity contribution in [2.45, 2.75) is 110 Å². The first kappa shape index (κ1) is 23.1. The Morgan fingerprint density at radius 2 is 1.50 bits per heavy atom. The maximum Gasteiger partial charge on any atom is 0.303 e. The van der Waals surface area contributed by atoms with E-state index in [9.17, 15) is 14.7 Å². The second-order valence-electron chi connectivity index (χ2n) is 7.50. The molecule has 0 spiro atoms. The lowest BCUT2D eigenvalue weighted by molar-refractivity contribution is -0.137. The van der Waals surface area contributed by atoms with Gasteiger partial charge in [-0.3, -0.25) is 9.59 Å². The Bertz CT molecular complexity index is 350. The van der Waals surface area contributed by atoms with Crippen molar-refractivity contribution in [3.05, 3.63) is 0 Å². The molecule has 0 aromatic carbocycles. The van der Waals surface area contributed by atoms with Gasteiger partial charge in [-0.25, -0.2) is 0 Å². The zero-order chi connectivity index (χ0) is 18.4. The van der Waals surface area contributed by atoms with Crippen LogP contribution in [0.3, 0.4) is 0 Å². The Balaban J connectivity index is 3.91. The van der Waals surface area contributed by atoms with Gasteiger partial charge in [-0.1, -0.05) is 45.4 Å². The molecule has 2 atom stereocenters. The van der Waals surface area contributed by atoms with Gasteiger partial charge in [0.1, 0.15) is 5.78 Å². The van der Waals surface area contributed by atoms with Crippen LogP contribution < -0.4 is 0 Å². The molecule has 0 fully saturated rings. The van der Waals surface area contributed by atoms with Gasteiger partial charge < -0.3 is 10.2 Å². The van der Waals surface area contributed by atoms with Gasteiger partial charge in [-0.2, -0.15) is 0 Å². The summed E-state index contributed by atoms with van der Waals surface area (Å²) in [6, 6.07) is 0. The Morgan fingerprint density at radius 3 is 2.08 bits per heavy atom. The van der Waals surface area contributed by atoms with E-state index in [0.717, 1.165) is 77.0 Å². The number of hydrogen-bond acceptors (Lipinski definition) is 3. The van der Waals surface area contributed by atoms with Gasteiger partial charge in [0.25, 0.3) is 0 Å². The molecule has 0 aromatic heterocycles. The fraction of sp³-hybridized carbons (Fsp3) is 0.900. The van der Waals surface area contributed by atoms with E-state index in [1.807, 2.05) is 6.92 Å². The van der Waals surface area contributed by atoms with Gasteiger partial charge in [0, 0.05) is 12.3 Å². The summed E-state index contributed by atoms with van der Waals surface area (Å²) < 4.78 is 0. The van der Waals surface area contributed by atoms with E-state index in [4.69, 9.17) is 5.11 Å². The van der Waals surface area contributed by atoms with Crippen molar-refractivity contribution >= 4 is 11.8 Å². The van der Waals surface area contributed by atoms with Crippen LogP contribution >= 0.6 is 0 Å². The standard InChI is InChI=1S/C20H38O4/c1-4-5-10-15-20(3,24)16-11-13-18(17(2)21)12-8-6-7-9-14-19(22)23/h18,24H,4-16H2,1-3H3,(H,22,23)/t18-,20+/m0/s1. The van der Waals surface area contributed by atoms with Gasteiger partial charge >= 0.3 is 5.97 Å². The lowest BCUT2D eigenvalue weighted by Crippen LogP contribution is -2.24. The normalized spacial score (nSPS) is 15.0. The van der Waals surface area contributed by atoms with E-state index < -0.39 is 11.6 Å². The smallest absolute Gasteiger partial charge is 0.303 e. The third-order valence-electron chi connectivity index (χ3n) is 4.85. The summed E-state index contributed by atoms with van der Waals surface area (Å²) in [5.74, 6) is -0.398. The lowest BCUT2D eigenvalue weighted by Gasteiger charge is -2.24. The third kappa shape index (κ3) is 13.5. The Hall–Kier alpha value is -0.900. The number of ketones is 1. The molecule has 0 unspecified atom stereocenters. The Labute approximate surface area is 148 Å². The minimum atomic E-state index is -0.734. The molecule has 0 aliphatic heterocycles. The van der Waals surface area contributed by atoms with Crippen molar-refractivity contribution in [2.75, 3.05) is 0 Å². The topological polar surface area (TPSA) is 74.6 Å². The van der Waals surface area contributed by atoms with Crippen molar-refractivity contribution in [3.63, 3.8) is 0 Å². The van der Waals surface area contributed by atoms with Crippen LogP contribution in [0.4, 0.5) is 0 Å². The zero-order valence-corrected chi connectivity index (χ0v) is 16.0. The Morgan fingerprint density at radius 1 is 0.917 bits per heavy atom. The SMILES string of the molecule is CCCCC[C@@](C)(O)CCC[C@H](CCCCCCC(=O)O)C(C)=O. The molecule has 2 N–H and O–H groups in total. The molecule has 142 valence electrons. The Kier molecular flexibility index (Phi) is 12.9. The van der Waals surface area contributed by atoms with Gasteiger partial charge in [0.15, 0.2) is 0 Å². The monoisotopic (exact) mass is 342 g/mol.